The van der Waals surface area contributed by atoms with Gasteiger partial charge in [0.05, 0.1) is 7.11 Å². The zero-order valence-electron chi connectivity index (χ0n) is 15.4. The number of carbonyl (C=O) groups excluding carboxylic acids is 1. The number of nitrogens with one attached hydrogen (secondary N) is 1. The number of nitrogens with zero attached hydrogens (tertiary/aromatic N) is 1. The number of ether oxygens (including phenoxy) is 2. The molecule has 2 atom stereocenters. The Morgan fingerprint density at radius 3 is 2.54 bits per heavy atom. The molecule has 5 nitrogen and oxygen atoms in total. The molecule has 0 aliphatic carbocycles. The maximum Gasteiger partial charge on any atom is 0.258 e. The van der Waals surface area contributed by atoms with Crippen LogP contribution in [-0.2, 0) is 4.79 Å². The lowest BCUT2D eigenvalue weighted by Crippen LogP contribution is -2.40. The highest BCUT2D eigenvalue weighted by Gasteiger charge is 2.27. The smallest absolute Gasteiger partial charge is 0.258 e. The molecule has 0 saturated carbocycles. The molecule has 0 unspecified atom stereocenters. The van der Waals surface area contributed by atoms with E-state index in [1.165, 1.54) is 5.56 Å². The standard InChI is InChI=1S/C21H26N2O3/c1-16(17-6-4-3-5-7-17)23-13-12-18(14-23)22-21(24)15-26-20-10-8-19(25-2)9-11-20/h3-11,16,18H,12-15H2,1-2H3,(H,22,24)/t16-,18-/m0/s1. The molecule has 2 aromatic carbocycles. The van der Waals surface area contributed by atoms with Gasteiger partial charge in [0.2, 0.25) is 0 Å². The molecule has 0 aromatic heterocycles. The van der Waals surface area contributed by atoms with Gasteiger partial charge in [-0.25, -0.2) is 0 Å². The summed E-state index contributed by atoms with van der Waals surface area (Å²) in [6, 6.07) is 18.2. The van der Waals surface area contributed by atoms with Crippen molar-refractivity contribution in [1.82, 2.24) is 10.2 Å². The molecule has 1 aliphatic heterocycles. The molecule has 1 heterocycles. The third-order valence-electron chi connectivity index (χ3n) is 4.84. The minimum Gasteiger partial charge on any atom is -0.497 e. The Hall–Kier alpha value is -2.53. The fourth-order valence-electron chi connectivity index (χ4n) is 3.29. The summed E-state index contributed by atoms with van der Waals surface area (Å²) in [6.45, 7) is 4.09. The van der Waals surface area contributed by atoms with Crippen LogP contribution in [0.3, 0.4) is 0 Å². The highest BCUT2D eigenvalue weighted by molar-refractivity contribution is 5.77. The number of hydrogen-bond acceptors (Lipinski definition) is 4. The van der Waals surface area contributed by atoms with Gasteiger partial charge in [-0.1, -0.05) is 30.3 Å². The van der Waals surface area contributed by atoms with Gasteiger partial charge in [0, 0.05) is 25.2 Å². The SMILES string of the molecule is COc1ccc(OCC(=O)N[C@H]2CCN([C@@H](C)c3ccccc3)C2)cc1. The monoisotopic (exact) mass is 354 g/mol. The molecule has 0 radical (unpaired) electrons. The van der Waals surface area contributed by atoms with Crippen molar-refractivity contribution in [2.45, 2.75) is 25.4 Å². The Balaban J connectivity index is 1.43. The Labute approximate surface area is 154 Å². The van der Waals surface area contributed by atoms with Crippen LogP contribution >= 0.6 is 0 Å². The predicted molar refractivity (Wildman–Crippen MR) is 101 cm³/mol. The Kier molecular flexibility index (Phi) is 6.12. The molecule has 1 amide bonds. The number of methoxy groups -OCH3 is 1. The van der Waals surface area contributed by atoms with E-state index in [-0.39, 0.29) is 18.6 Å². The van der Waals surface area contributed by atoms with Crippen LogP contribution in [0.4, 0.5) is 0 Å². The quantitative estimate of drug-likeness (QED) is 0.830. The molecular formula is C21H26N2O3. The summed E-state index contributed by atoms with van der Waals surface area (Å²) in [7, 11) is 1.62. The van der Waals surface area contributed by atoms with Gasteiger partial charge in [-0.15, -0.1) is 0 Å². The fraction of sp³-hybridized carbons (Fsp3) is 0.381. The van der Waals surface area contributed by atoms with Gasteiger partial charge in [-0.2, -0.15) is 0 Å². The lowest BCUT2D eigenvalue weighted by molar-refractivity contribution is -0.123. The number of likely N-dealkylation sites (tertiary alicyclic amines) is 1. The van der Waals surface area contributed by atoms with E-state index in [9.17, 15) is 4.79 Å². The van der Waals surface area contributed by atoms with E-state index in [0.29, 0.717) is 11.8 Å². The summed E-state index contributed by atoms with van der Waals surface area (Å²) in [5, 5.41) is 3.08. The van der Waals surface area contributed by atoms with Crippen LogP contribution in [-0.4, -0.2) is 43.7 Å². The van der Waals surface area contributed by atoms with Crippen molar-refractivity contribution in [3.8, 4) is 11.5 Å². The maximum absolute atomic E-state index is 12.2. The lowest BCUT2D eigenvalue weighted by atomic mass is 10.1. The van der Waals surface area contributed by atoms with Crippen LogP contribution in [0, 0.1) is 0 Å². The molecule has 1 fully saturated rings. The number of benzene rings is 2. The van der Waals surface area contributed by atoms with Crippen LogP contribution in [0.15, 0.2) is 54.6 Å². The van der Waals surface area contributed by atoms with Crippen molar-refractivity contribution in [2.75, 3.05) is 26.8 Å². The topological polar surface area (TPSA) is 50.8 Å². The molecule has 3 rings (SSSR count). The van der Waals surface area contributed by atoms with Crippen molar-refractivity contribution < 1.29 is 14.3 Å². The number of carbonyl (C=O) groups is 1. The van der Waals surface area contributed by atoms with Gasteiger partial charge in [-0.3, -0.25) is 9.69 Å². The van der Waals surface area contributed by atoms with E-state index in [1.54, 1.807) is 19.2 Å². The van der Waals surface area contributed by atoms with Gasteiger partial charge >= 0.3 is 0 Å². The number of hydrogen-bond donors (Lipinski definition) is 1. The first-order chi connectivity index (χ1) is 12.7. The normalized spacial score (nSPS) is 18.3. The van der Waals surface area contributed by atoms with Gasteiger partial charge in [0.25, 0.3) is 5.91 Å². The largest absolute Gasteiger partial charge is 0.497 e. The van der Waals surface area contributed by atoms with Crippen LogP contribution in [0.1, 0.15) is 24.9 Å². The summed E-state index contributed by atoms with van der Waals surface area (Å²) in [4.78, 5) is 14.6. The highest BCUT2D eigenvalue weighted by atomic mass is 16.5. The average molecular weight is 354 g/mol. The molecule has 1 aliphatic rings. The second-order valence-electron chi connectivity index (χ2n) is 6.60. The van der Waals surface area contributed by atoms with Crippen LogP contribution in [0.5, 0.6) is 11.5 Å². The summed E-state index contributed by atoms with van der Waals surface area (Å²) in [5.41, 5.74) is 1.31. The molecule has 138 valence electrons. The van der Waals surface area contributed by atoms with Crippen molar-refractivity contribution >= 4 is 5.91 Å². The van der Waals surface area contributed by atoms with E-state index in [4.69, 9.17) is 9.47 Å². The summed E-state index contributed by atoms with van der Waals surface area (Å²) in [6.07, 6.45) is 0.964. The predicted octanol–water partition coefficient (Wildman–Crippen LogP) is 3.03. The molecular weight excluding hydrogens is 328 g/mol. The van der Waals surface area contributed by atoms with E-state index in [1.807, 2.05) is 18.2 Å². The molecule has 5 heteroatoms. The first-order valence-electron chi connectivity index (χ1n) is 9.01. The zero-order valence-corrected chi connectivity index (χ0v) is 15.4. The Bertz CT molecular complexity index is 703. The molecule has 1 N–H and O–H groups in total. The molecule has 1 saturated heterocycles. The molecule has 0 spiro atoms. The second-order valence-corrected chi connectivity index (χ2v) is 6.60. The van der Waals surface area contributed by atoms with Crippen molar-refractivity contribution in [1.29, 1.82) is 0 Å². The van der Waals surface area contributed by atoms with E-state index < -0.39 is 0 Å². The zero-order chi connectivity index (χ0) is 18.4. The third kappa shape index (κ3) is 4.76. The fourth-order valence-corrected chi connectivity index (χ4v) is 3.29. The third-order valence-corrected chi connectivity index (χ3v) is 4.84. The summed E-state index contributed by atoms with van der Waals surface area (Å²) < 4.78 is 10.6. The van der Waals surface area contributed by atoms with E-state index >= 15 is 0 Å². The van der Waals surface area contributed by atoms with E-state index in [0.717, 1.165) is 25.3 Å². The van der Waals surface area contributed by atoms with Crippen molar-refractivity contribution in [2.24, 2.45) is 0 Å². The van der Waals surface area contributed by atoms with Gasteiger partial charge in [0.1, 0.15) is 11.5 Å². The second kappa shape index (κ2) is 8.72. The molecule has 2 aromatic rings. The van der Waals surface area contributed by atoms with Gasteiger partial charge in [0.15, 0.2) is 6.61 Å². The number of amides is 1. The maximum atomic E-state index is 12.2. The Morgan fingerprint density at radius 2 is 1.85 bits per heavy atom. The van der Waals surface area contributed by atoms with Crippen LogP contribution < -0.4 is 14.8 Å². The van der Waals surface area contributed by atoms with Crippen LogP contribution in [0.2, 0.25) is 0 Å². The van der Waals surface area contributed by atoms with Crippen LogP contribution in [0.25, 0.3) is 0 Å². The van der Waals surface area contributed by atoms with Gasteiger partial charge < -0.3 is 14.8 Å². The van der Waals surface area contributed by atoms with Crippen molar-refractivity contribution in [3.05, 3.63) is 60.2 Å². The minimum atomic E-state index is -0.0833. The highest BCUT2D eigenvalue weighted by Crippen LogP contribution is 2.24. The summed E-state index contributed by atoms with van der Waals surface area (Å²) >= 11 is 0. The molecule has 26 heavy (non-hydrogen) atoms. The first kappa shape index (κ1) is 18.3. The summed E-state index contributed by atoms with van der Waals surface area (Å²) in [5.74, 6) is 1.34. The average Bonchev–Trinajstić information content (AvgIpc) is 3.15. The minimum absolute atomic E-state index is 0.0249. The lowest BCUT2D eigenvalue weighted by Gasteiger charge is -2.24. The molecule has 0 bridgehead atoms. The van der Waals surface area contributed by atoms with E-state index in [2.05, 4.69) is 41.4 Å². The number of rotatable bonds is 7. The van der Waals surface area contributed by atoms with Gasteiger partial charge in [-0.05, 0) is 43.2 Å². The Morgan fingerprint density at radius 1 is 1.15 bits per heavy atom. The first-order valence-corrected chi connectivity index (χ1v) is 9.01. The van der Waals surface area contributed by atoms with Crippen molar-refractivity contribution in [3.63, 3.8) is 0 Å².